The molecule has 2 heterocycles. The lowest BCUT2D eigenvalue weighted by molar-refractivity contribution is -0.142. The fourth-order valence-electron chi connectivity index (χ4n) is 3.36. The van der Waals surface area contributed by atoms with Crippen molar-refractivity contribution in [1.29, 1.82) is 0 Å². The van der Waals surface area contributed by atoms with Gasteiger partial charge in [-0.25, -0.2) is 0 Å². The van der Waals surface area contributed by atoms with Gasteiger partial charge in [0.25, 0.3) is 5.91 Å². The quantitative estimate of drug-likeness (QED) is 0.754. The molecule has 0 radical (unpaired) electrons. The molecule has 0 fully saturated rings. The van der Waals surface area contributed by atoms with Crippen LogP contribution >= 0.6 is 0 Å². The maximum absolute atomic E-state index is 13.2. The van der Waals surface area contributed by atoms with Crippen LogP contribution in [0.5, 0.6) is 11.5 Å². The second-order valence-corrected chi connectivity index (χ2v) is 7.11. The van der Waals surface area contributed by atoms with Crippen LogP contribution in [0.15, 0.2) is 53.2 Å². The number of para-hydroxylation sites is 2. The summed E-state index contributed by atoms with van der Waals surface area (Å²) >= 11 is 0. The highest BCUT2D eigenvalue weighted by atomic mass is 16.5. The molecule has 0 spiro atoms. The van der Waals surface area contributed by atoms with E-state index in [0.29, 0.717) is 30.5 Å². The number of aliphatic imine (C=N–C) groups is 1. The summed E-state index contributed by atoms with van der Waals surface area (Å²) in [4.78, 5) is 32.8. The number of likely N-dealkylation sites (N-methyl/N-ethyl adjacent to an activating group) is 1. The van der Waals surface area contributed by atoms with Gasteiger partial charge in [0, 0.05) is 13.2 Å². The Morgan fingerprint density at radius 1 is 1.32 bits per heavy atom. The van der Waals surface area contributed by atoms with Crippen molar-refractivity contribution in [2.24, 2.45) is 4.99 Å². The van der Waals surface area contributed by atoms with Crippen LogP contribution in [0.25, 0.3) is 0 Å². The van der Waals surface area contributed by atoms with Crippen molar-refractivity contribution in [3.8, 4) is 11.5 Å². The number of fused-ring (bicyclic) bond motifs is 1. The summed E-state index contributed by atoms with van der Waals surface area (Å²) in [5.74, 6) is 1.32. The van der Waals surface area contributed by atoms with Crippen LogP contribution in [0.1, 0.15) is 20.3 Å². The van der Waals surface area contributed by atoms with E-state index in [4.69, 9.17) is 9.47 Å². The zero-order chi connectivity index (χ0) is 20.3. The Balaban J connectivity index is 1.68. The van der Waals surface area contributed by atoms with Crippen molar-refractivity contribution in [1.82, 2.24) is 9.80 Å². The van der Waals surface area contributed by atoms with Crippen molar-refractivity contribution in [2.45, 2.75) is 25.8 Å². The molecular formula is C21H25N3O4. The molecule has 2 amide bonds. The monoisotopic (exact) mass is 383 g/mol. The highest BCUT2D eigenvalue weighted by Gasteiger charge is 2.46. The second kappa shape index (κ2) is 7.88. The first-order valence-corrected chi connectivity index (χ1v) is 9.14. The lowest BCUT2D eigenvalue weighted by Gasteiger charge is -2.43. The molecule has 1 atom stereocenters. The van der Waals surface area contributed by atoms with Gasteiger partial charge in [0.05, 0.1) is 20.1 Å². The van der Waals surface area contributed by atoms with Gasteiger partial charge < -0.3 is 19.3 Å². The first kappa shape index (κ1) is 19.7. The zero-order valence-corrected chi connectivity index (χ0v) is 16.6. The van der Waals surface area contributed by atoms with Crippen molar-refractivity contribution in [3.63, 3.8) is 0 Å². The fourth-order valence-corrected chi connectivity index (χ4v) is 3.36. The van der Waals surface area contributed by atoms with E-state index in [0.717, 1.165) is 5.57 Å². The predicted octanol–water partition coefficient (Wildman–Crippen LogP) is 2.40. The number of hydrogen-bond donors (Lipinski definition) is 0. The molecule has 148 valence electrons. The van der Waals surface area contributed by atoms with Gasteiger partial charge in [0.15, 0.2) is 11.5 Å². The van der Waals surface area contributed by atoms with Crippen LogP contribution < -0.4 is 9.47 Å². The Hall–Kier alpha value is -3.09. The number of benzene rings is 1. The summed E-state index contributed by atoms with van der Waals surface area (Å²) in [7, 11) is 3.30. The molecule has 2 aliphatic rings. The Kier molecular flexibility index (Phi) is 5.53. The Morgan fingerprint density at radius 2 is 2.04 bits per heavy atom. The molecule has 7 heteroatoms. The summed E-state index contributed by atoms with van der Waals surface area (Å²) in [6.07, 6.45) is 5.57. The standard InChI is InChI=1S/C21H25N3O4/c1-15-9-10-24-18(13-15)22-19(25)14-21(24,2)20(26)23(3)11-12-28-17-8-6-5-7-16(17)27-4/h5-10,13H,11-12,14H2,1-4H3/t21-/m1/s1. The third-order valence-corrected chi connectivity index (χ3v) is 4.92. The zero-order valence-electron chi connectivity index (χ0n) is 16.6. The largest absolute Gasteiger partial charge is 0.493 e. The van der Waals surface area contributed by atoms with E-state index in [1.165, 1.54) is 0 Å². The maximum Gasteiger partial charge on any atom is 0.250 e. The van der Waals surface area contributed by atoms with Crippen LogP contribution in [0.4, 0.5) is 0 Å². The van der Waals surface area contributed by atoms with E-state index in [-0.39, 0.29) is 18.2 Å². The minimum Gasteiger partial charge on any atom is -0.493 e. The maximum atomic E-state index is 13.2. The molecule has 0 bridgehead atoms. The van der Waals surface area contributed by atoms with Crippen molar-refractivity contribution >= 4 is 17.6 Å². The Bertz CT molecular complexity index is 874. The first-order chi connectivity index (χ1) is 13.3. The summed E-state index contributed by atoms with van der Waals surface area (Å²) in [5, 5.41) is 0. The van der Waals surface area contributed by atoms with Crippen molar-refractivity contribution in [2.75, 3.05) is 27.3 Å². The highest BCUT2D eigenvalue weighted by Crippen LogP contribution is 2.31. The molecule has 0 unspecified atom stereocenters. The van der Waals surface area contributed by atoms with Crippen LogP contribution in [0.3, 0.4) is 0 Å². The third kappa shape index (κ3) is 3.78. The highest BCUT2D eigenvalue weighted by molar-refractivity contribution is 6.09. The smallest absolute Gasteiger partial charge is 0.250 e. The van der Waals surface area contributed by atoms with Crippen molar-refractivity contribution in [3.05, 3.63) is 48.2 Å². The molecule has 2 aliphatic heterocycles. The minimum atomic E-state index is -1.01. The van der Waals surface area contributed by atoms with Gasteiger partial charge in [-0.05, 0) is 43.7 Å². The summed E-state index contributed by atoms with van der Waals surface area (Å²) in [6, 6.07) is 7.36. The van der Waals surface area contributed by atoms with Crippen molar-refractivity contribution < 1.29 is 19.1 Å². The summed E-state index contributed by atoms with van der Waals surface area (Å²) in [6.45, 7) is 4.39. The number of nitrogens with zero attached hydrogens (tertiary/aromatic N) is 3. The van der Waals surface area contributed by atoms with E-state index in [1.807, 2.05) is 49.5 Å². The van der Waals surface area contributed by atoms with Gasteiger partial charge in [-0.3, -0.25) is 9.59 Å². The van der Waals surface area contributed by atoms with Gasteiger partial charge >= 0.3 is 0 Å². The van der Waals surface area contributed by atoms with E-state index < -0.39 is 5.54 Å². The molecule has 1 aromatic rings. The Labute approximate surface area is 164 Å². The van der Waals surface area contributed by atoms with Gasteiger partial charge in [-0.2, -0.15) is 4.99 Å². The topological polar surface area (TPSA) is 71.4 Å². The molecule has 28 heavy (non-hydrogen) atoms. The van der Waals surface area contributed by atoms with Gasteiger partial charge in [0.1, 0.15) is 18.0 Å². The molecule has 0 saturated carbocycles. The molecule has 1 aromatic carbocycles. The average molecular weight is 383 g/mol. The lowest BCUT2D eigenvalue weighted by atomic mass is 9.90. The molecular weight excluding hydrogens is 358 g/mol. The van der Waals surface area contributed by atoms with Crippen LogP contribution in [0.2, 0.25) is 0 Å². The van der Waals surface area contributed by atoms with E-state index in [2.05, 4.69) is 4.99 Å². The fraction of sp³-hybridized carbons (Fsp3) is 0.381. The lowest BCUT2D eigenvalue weighted by Crippen LogP contribution is -2.60. The number of rotatable bonds is 6. The number of ether oxygens (including phenoxy) is 2. The molecule has 0 N–H and O–H groups in total. The number of carbonyl (C=O) groups excluding carboxylic acids is 2. The number of hydrogen-bond acceptors (Lipinski definition) is 5. The molecule has 3 rings (SSSR count). The van der Waals surface area contributed by atoms with E-state index in [9.17, 15) is 9.59 Å². The molecule has 0 aliphatic carbocycles. The number of allylic oxidation sites excluding steroid dienone is 2. The number of amides is 2. The van der Waals surface area contributed by atoms with Gasteiger partial charge in [-0.15, -0.1) is 0 Å². The second-order valence-electron chi connectivity index (χ2n) is 7.11. The normalized spacial score (nSPS) is 20.9. The van der Waals surface area contributed by atoms with Gasteiger partial charge in [0.2, 0.25) is 5.91 Å². The number of methoxy groups -OCH3 is 1. The predicted molar refractivity (Wildman–Crippen MR) is 106 cm³/mol. The van der Waals surface area contributed by atoms with Crippen LogP contribution in [-0.4, -0.2) is 60.3 Å². The number of amidine groups is 1. The van der Waals surface area contributed by atoms with Crippen LogP contribution in [-0.2, 0) is 9.59 Å². The molecule has 0 aromatic heterocycles. The first-order valence-electron chi connectivity index (χ1n) is 9.14. The van der Waals surface area contributed by atoms with Gasteiger partial charge in [-0.1, -0.05) is 12.1 Å². The molecule has 0 saturated heterocycles. The van der Waals surface area contributed by atoms with Crippen LogP contribution in [0, 0.1) is 0 Å². The third-order valence-electron chi connectivity index (χ3n) is 4.92. The average Bonchev–Trinajstić information content (AvgIpc) is 2.67. The minimum absolute atomic E-state index is 0.0320. The summed E-state index contributed by atoms with van der Waals surface area (Å²) in [5.41, 5.74) is -0.0285. The number of carbonyl (C=O) groups is 2. The summed E-state index contributed by atoms with van der Waals surface area (Å²) < 4.78 is 11.0. The Morgan fingerprint density at radius 3 is 2.75 bits per heavy atom. The SMILES string of the molecule is COc1ccccc1OCCN(C)C(=O)[C@@]1(C)CC(=O)N=C2C=C(C)C=CN21. The molecule has 7 nitrogen and oxygen atoms in total. The van der Waals surface area contributed by atoms with E-state index >= 15 is 0 Å². The van der Waals surface area contributed by atoms with E-state index in [1.54, 1.807) is 30.9 Å².